The summed E-state index contributed by atoms with van der Waals surface area (Å²) >= 11 is 11.6. The lowest BCUT2D eigenvalue weighted by molar-refractivity contribution is 0.0692. The van der Waals surface area contributed by atoms with Crippen LogP contribution >= 0.6 is 50.2 Å². The predicted octanol–water partition coefficient (Wildman–Crippen LogP) is 3.99. The summed E-state index contributed by atoms with van der Waals surface area (Å²) in [5.74, 6) is -1.03. The molecule has 0 amide bonds. The quantitative estimate of drug-likeness (QED) is 0.909. The lowest BCUT2D eigenvalue weighted by atomic mass is 10.3. The maximum Gasteiger partial charge on any atom is 0.356 e. The summed E-state index contributed by atoms with van der Waals surface area (Å²) in [4.78, 5) is 16.3. The van der Waals surface area contributed by atoms with Gasteiger partial charge in [0, 0.05) is 4.88 Å². The molecule has 0 radical (unpaired) electrons. The van der Waals surface area contributed by atoms with Gasteiger partial charge in [-0.05, 0) is 28.1 Å². The van der Waals surface area contributed by atoms with E-state index in [4.69, 9.17) is 16.7 Å². The molecule has 3 nitrogen and oxygen atoms in total. The van der Waals surface area contributed by atoms with E-state index in [-0.39, 0.29) is 5.69 Å². The van der Waals surface area contributed by atoms with Gasteiger partial charge in [-0.25, -0.2) is 9.78 Å². The molecule has 0 aliphatic rings. The maximum atomic E-state index is 10.9. The largest absolute Gasteiger partial charge is 0.476 e. The van der Waals surface area contributed by atoms with Crippen LogP contribution in [0, 0.1) is 0 Å². The minimum atomic E-state index is -1.03. The van der Waals surface area contributed by atoms with Gasteiger partial charge in [0.15, 0.2) is 9.61 Å². The average molecular weight is 325 g/mol. The van der Waals surface area contributed by atoms with Crippen molar-refractivity contribution in [3.8, 4) is 9.75 Å². The molecule has 0 aliphatic heterocycles. The average Bonchev–Trinajstić information content (AvgIpc) is 2.71. The van der Waals surface area contributed by atoms with Crippen LogP contribution in [0.2, 0.25) is 4.34 Å². The standard InChI is InChI=1S/C8H3BrClNO2S2/c9-8-11-5(7(12)13)6(15-8)3-1-2-4(10)14-3/h1-2H,(H,12,13). The number of thiazole rings is 1. The Labute approximate surface area is 106 Å². The Kier molecular flexibility index (Phi) is 3.11. The molecule has 0 atom stereocenters. The van der Waals surface area contributed by atoms with E-state index in [0.29, 0.717) is 13.1 Å². The minimum absolute atomic E-state index is 0.0605. The summed E-state index contributed by atoms with van der Waals surface area (Å²) in [6, 6.07) is 3.53. The SMILES string of the molecule is O=C(O)c1nc(Br)sc1-c1ccc(Cl)s1. The van der Waals surface area contributed by atoms with Gasteiger partial charge in [-0.15, -0.1) is 22.7 Å². The first-order valence-corrected chi connectivity index (χ1v) is 6.53. The van der Waals surface area contributed by atoms with Crippen LogP contribution in [0.25, 0.3) is 9.75 Å². The van der Waals surface area contributed by atoms with Crippen LogP contribution in [-0.4, -0.2) is 16.1 Å². The van der Waals surface area contributed by atoms with E-state index in [0.717, 1.165) is 4.88 Å². The van der Waals surface area contributed by atoms with Gasteiger partial charge in [0.2, 0.25) is 0 Å². The van der Waals surface area contributed by atoms with Gasteiger partial charge in [0.1, 0.15) is 0 Å². The normalized spacial score (nSPS) is 10.5. The summed E-state index contributed by atoms with van der Waals surface area (Å²) < 4.78 is 1.19. The number of thiophene rings is 1. The molecule has 0 fully saturated rings. The fourth-order valence-corrected chi connectivity index (χ4v) is 3.64. The van der Waals surface area contributed by atoms with E-state index in [1.54, 1.807) is 12.1 Å². The van der Waals surface area contributed by atoms with E-state index < -0.39 is 5.97 Å². The van der Waals surface area contributed by atoms with Crippen molar-refractivity contribution < 1.29 is 9.90 Å². The molecule has 15 heavy (non-hydrogen) atoms. The zero-order valence-corrected chi connectivity index (χ0v) is 11.0. The number of hydrogen-bond donors (Lipinski definition) is 1. The highest BCUT2D eigenvalue weighted by Crippen LogP contribution is 2.38. The van der Waals surface area contributed by atoms with Gasteiger partial charge in [0.25, 0.3) is 0 Å². The van der Waals surface area contributed by atoms with Gasteiger partial charge >= 0.3 is 5.97 Å². The number of nitrogens with zero attached hydrogens (tertiary/aromatic N) is 1. The van der Waals surface area contributed by atoms with Crippen LogP contribution in [0.5, 0.6) is 0 Å². The van der Waals surface area contributed by atoms with E-state index in [2.05, 4.69) is 20.9 Å². The van der Waals surface area contributed by atoms with Crippen molar-refractivity contribution in [2.24, 2.45) is 0 Å². The van der Waals surface area contributed by atoms with E-state index in [1.165, 1.54) is 22.7 Å². The third-order valence-corrected chi connectivity index (χ3v) is 4.52. The molecular weight excluding hydrogens is 322 g/mol. The minimum Gasteiger partial charge on any atom is -0.476 e. The van der Waals surface area contributed by atoms with Crippen molar-refractivity contribution >= 4 is 56.2 Å². The molecule has 2 aromatic rings. The Morgan fingerprint density at radius 2 is 2.20 bits per heavy atom. The maximum absolute atomic E-state index is 10.9. The number of hydrogen-bond acceptors (Lipinski definition) is 4. The van der Waals surface area contributed by atoms with E-state index in [9.17, 15) is 4.79 Å². The molecule has 0 saturated carbocycles. The highest BCUT2D eigenvalue weighted by atomic mass is 79.9. The molecule has 0 aromatic carbocycles. The fourth-order valence-electron chi connectivity index (χ4n) is 1.04. The van der Waals surface area contributed by atoms with Crippen molar-refractivity contribution in [3.63, 3.8) is 0 Å². The molecule has 0 saturated heterocycles. The van der Waals surface area contributed by atoms with Crippen molar-refractivity contribution in [2.75, 3.05) is 0 Å². The van der Waals surface area contributed by atoms with Crippen molar-refractivity contribution in [2.45, 2.75) is 0 Å². The van der Waals surface area contributed by atoms with Gasteiger partial charge < -0.3 is 5.11 Å². The molecular formula is C8H3BrClNO2S2. The second-order valence-corrected chi connectivity index (χ2v) is 6.54. The smallest absolute Gasteiger partial charge is 0.356 e. The number of rotatable bonds is 2. The van der Waals surface area contributed by atoms with Crippen LogP contribution in [0.15, 0.2) is 16.0 Å². The van der Waals surface area contributed by atoms with Crippen molar-refractivity contribution in [3.05, 3.63) is 26.1 Å². The monoisotopic (exact) mass is 323 g/mol. The van der Waals surface area contributed by atoms with Gasteiger partial charge in [-0.2, -0.15) is 0 Å². The molecule has 0 bridgehead atoms. The number of carbonyl (C=O) groups is 1. The third-order valence-electron chi connectivity index (χ3n) is 1.60. The van der Waals surface area contributed by atoms with Crippen molar-refractivity contribution in [1.82, 2.24) is 4.98 Å². The van der Waals surface area contributed by atoms with Crippen LogP contribution in [0.1, 0.15) is 10.5 Å². The van der Waals surface area contributed by atoms with Crippen LogP contribution in [0.3, 0.4) is 0 Å². The Balaban J connectivity index is 2.56. The number of halogens is 2. The number of carboxylic acids is 1. The van der Waals surface area contributed by atoms with Gasteiger partial charge in [-0.3, -0.25) is 0 Å². The highest BCUT2D eigenvalue weighted by molar-refractivity contribution is 9.11. The fraction of sp³-hybridized carbons (Fsp3) is 0. The Bertz CT molecular complexity index is 522. The van der Waals surface area contributed by atoms with E-state index in [1.807, 2.05) is 0 Å². The zero-order valence-electron chi connectivity index (χ0n) is 7.03. The molecule has 7 heteroatoms. The molecule has 1 N–H and O–H groups in total. The number of aromatic carboxylic acids is 1. The first-order chi connectivity index (χ1) is 7.08. The second-order valence-electron chi connectivity index (χ2n) is 2.55. The summed E-state index contributed by atoms with van der Waals surface area (Å²) in [5.41, 5.74) is 0.0605. The first kappa shape index (κ1) is 11.1. The molecule has 2 aromatic heterocycles. The lowest BCUT2D eigenvalue weighted by Crippen LogP contribution is -1.97. The van der Waals surface area contributed by atoms with E-state index >= 15 is 0 Å². The summed E-state index contributed by atoms with van der Waals surface area (Å²) in [5, 5.41) is 8.94. The van der Waals surface area contributed by atoms with Crippen LogP contribution in [-0.2, 0) is 0 Å². The summed E-state index contributed by atoms with van der Waals surface area (Å²) in [6.45, 7) is 0. The molecule has 0 unspecified atom stereocenters. The Morgan fingerprint density at radius 1 is 1.47 bits per heavy atom. The zero-order chi connectivity index (χ0) is 11.0. The van der Waals surface area contributed by atoms with Gasteiger partial charge in [0.05, 0.1) is 9.21 Å². The lowest BCUT2D eigenvalue weighted by Gasteiger charge is -1.92. The third kappa shape index (κ3) is 2.23. The summed E-state index contributed by atoms with van der Waals surface area (Å²) in [6.07, 6.45) is 0. The Morgan fingerprint density at radius 3 is 2.73 bits per heavy atom. The van der Waals surface area contributed by atoms with Crippen LogP contribution < -0.4 is 0 Å². The topological polar surface area (TPSA) is 50.2 Å². The molecule has 0 aliphatic carbocycles. The predicted molar refractivity (Wildman–Crippen MR) is 65.1 cm³/mol. The molecule has 0 spiro atoms. The van der Waals surface area contributed by atoms with Gasteiger partial charge in [-0.1, -0.05) is 11.6 Å². The second kappa shape index (κ2) is 4.21. The molecule has 78 valence electrons. The first-order valence-electron chi connectivity index (χ1n) is 3.73. The van der Waals surface area contributed by atoms with Crippen molar-refractivity contribution in [1.29, 1.82) is 0 Å². The highest BCUT2D eigenvalue weighted by Gasteiger charge is 2.18. The number of carboxylic acid groups (broad SMARTS) is 1. The number of aromatic nitrogens is 1. The Hall–Kier alpha value is -0.430. The van der Waals surface area contributed by atoms with Crippen LogP contribution in [0.4, 0.5) is 0 Å². The molecule has 2 heterocycles. The molecule has 2 rings (SSSR count). The summed E-state index contributed by atoms with van der Waals surface area (Å²) in [7, 11) is 0.